The van der Waals surface area contributed by atoms with E-state index in [-0.39, 0.29) is 30.2 Å². The van der Waals surface area contributed by atoms with E-state index in [0.717, 1.165) is 19.3 Å². The van der Waals surface area contributed by atoms with E-state index in [9.17, 15) is 9.59 Å². The highest BCUT2D eigenvalue weighted by molar-refractivity contribution is 5.84. The summed E-state index contributed by atoms with van der Waals surface area (Å²) in [6, 6.07) is 0. The Morgan fingerprint density at radius 3 is 2.84 bits per heavy atom. The minimum atomic E-state index is -0.221. The van der Waals surface area contributed by atoms with Gasteiger partial charge in [-0.15, -0.1) is 0 Å². The molecular formula is C15H24O4. The molecule has 1 rings (SSSR count). The van der Waals surface area contributed by atoms with Crippen LogP contribution < -0.4 is 0 Å². The van der Waals surface area contributed by atoms with Crippen molar-refractivity contribution in [2.75, 3.05) is 20.3 Å². The van der Waals surface area contributed by atoms with Crippen molar-refractivity contribution in [1.82, 2.24) is 0 Å². The molecule has 1 saturated carbocycles. The molecule has 1 fully saturated rings. The molecule has 0 aromatic carbocycles. The Kier molecular flexibility index (Phi) is 7.41. The van der Waals surface area contributed by atoms with Gasteiger partial charge in [-0.2, -0.15) is 0 Å². The Bertz CT molecular complexity index is 322. The molecule has 0 spiro atoms. The highest BCUT2D eigenvalue weighted by atomic mass is 16.6. The lowest BCUT2D eigenvalue weighted by atomic mass is 9.89. The van der Waals surface area contributed by atoms with Crippen LogP contribution in [0.1, 0.15) is 39.0 Å². The van der Waals surface area contributed by atoms with E-state index in [0.29, 0.717) is 19.4 Å². The first-order valence-corrected chi connectivity index (χ1v) is 7.01. The van der Waals surface area contributed by atoms with Crippen LogP contribution in [0.2, 0.25) is 0 Å². The summed E-state index contributed by atoms with van der Waals surface area (Å²) < 4.78 is 9.89. The largest absolute Gasteiger partial charge is 0.463 e. The van der Waals surface area contributed by atoms with Crippen LogP contribution in [0.5, 0.6) is 0 Å². The summed E-state index contributed by atoms with van der Waals surface area (Å²) in [6.45, 7) is 2.77. The van der Waals surface area contributed by atoms with Crippen molar-refractivity contribution < 1.29 is 19.1 Å². The number of rotatable bonds is 8. The van der Waals surface area contributed by atoms with E-state index >= 15 is 0 Å². The van der Waals surface area contributed by atoms with Gasteiger partial charge in [-0.3, -0.25) is 9.59 Å². The lowest BCUT2D eigenvalue weighted by Gasteiger charge is -2.16. The highest BCUT2D eigenvalue weighted by Crippen LogP contribution is 2.34. The first kappa shape index (κ1) is 15.9. The summed E-state index contributed by atoms with van der Waals surface area (Å²) in [5, 5.41) is 0. The van der Waals surface area contributed by atoms with E-state index in [4.69, 9.17) is 9.47 Å². The summed E-state index contributed by atoms with van der Waals surface area (Å²) in [4.78, 5) is 23.5. The molecule has 2 atom stereocenters. The van der Waals surface area contributed by atoms with Crippen molar-refractivity contribution in [3.8, 4) is 0 Å². The van der Waals surface area contributed by atoms with Crippen LogP contribution >= 0.6 is 0 Å². The van der Waals surface area contributed by atoms with Crippen molar-refractivity contribution in [1.29, 1.82) is 0 Å². The molecule has 0 bridgehead atoms. The lowest BCUT2D eigenvalue weighted by molar-refractivity contribution is -0.146. The topological polar surface area (TPSA) is 52.6 Å². The van der Waals surface area contributed by atoms with Crippen molar-refractivity contribution >= 4 is 11.8 Å². The molecule has 0 aromatic rings. The smallest absolute Gasteiger partial charge is 0.306 e. The Morgan fingerprint density at radius 1 is 1.37 bits per heavy atom. The van der Waals surface area contributed by atoms with Crippen LogP contribution in [0.25, 0.3) is 0 Å². The molecule has 2 unspecified atom stereocenters. The average Bonchev–Trinajstić information content (AvgIpc) is 2.72. The molecule has 19 heavy (non-hydrogen) atoms. The SMILES string of the molecule is CC/C=C\CC1C(=O)CCC1CC(=O)OCCOC. The second kappa shape index (κ2) is 8.86. The number of carbonyl (C=O) groups excluding carboxylic acids is 2. The molecule has 1 aliphatic carbocycles. The first-order chi connectivity index (χ1) is 9.19. The van der Waals surface area contributed by atoms with Crippen LogP contribution in [0.15, 0.2) is 12.2 Å². The van der Waals surface area contributed by atoms with Crippen molar-refractivity contribution in [2.24, 2.45) is 11.8 Å². The minimum Gasteiger partial charge on any atom is -0.463 e. The van der Waals surface area contributed by atoms with Gasteiger partial charge in [-0.1, -0.05) is 19.1 Å². The summed E-state index contributed by atoms with van der Waals surface area (Å²) in [5.74, 6) is 0.207. The van der Waals surface area contributed by atoms with Gasteiger partial charge < -0.3 is 9.47 Å². The Morgan fingerprint density at radius 2 is 2.16 bits per heavy atom. The number of ketones is 1. The van der Waals surface area contributed by atoms with Gasteiger partial charge in [0.05, 0.1) is 6.61 Å². The molecule has 0 saturated heterocycles. The predicted molar refractivity (Wildman–Crippen MR) is 72.7 cm³/mol. The molecule has 108 valence electrons. The van der Waals surface area contributed by atoms with E-state index < -0.39 is 0 Å². The van der Waals surface area contributed by atoms with Gasteiger partial charge in [-0.25, -0.2) is 0 Å². The number of Topliss-reactive ketones (excluding diaryl/α,β-unsaturated/α-hetero) is 1. The summed E-state index contributed by atoms with van der Waals surface area (Å²) in [5.41, 5.74) is 0. The molecule has 0 N–H and O–H groups in total. The van der Waals surface area contributed by atoms with Gasteiger partial charge in [0.25, 0.3) is 0 Å². The standard InChI is InChI=1S/C15H24O4/c1-3-4-5-6-13-12(7-8-14(13)16)11-15(17)19-10-9-18-2/h4-5,12-13H,3,6-11H2,1-2H3/b5-4-. The zero-order valence-corrected chi connectivity index (χ0v) is 11.9. The van der Waals surface area contributed by atoms with Crippen molar-refractivity contribution in [3.05, 3.63) is 12.2 Å². The first-order valence-electron chi connectivity index (χ1n) is 7.01. The Hall–Kier alpha value is -1.16. The average molecular weight is 268 g/mol. The second-order valence-corrected chi connectivity index (χ2v) is 4.90. The third-order valence-electron chi connectivity index (χ3n) is 3.52. The normalized spacial score (nSPS) is 23.2. The van der Waals surface area contributed by atoms with Gasteiger partial charge in [-0.05, 0) is 25.2 Å². The van der Waals surface area contributed by atoms with E-state index in [1.807, 2.05) is 0 Å². The zero-order valence-electron chi connectivity index (χ0n) is 11.9. The minimum absolute atomic E-state index is 0.00206. The highest BCUT2D eigenvalue weighted by Gasteiger charge is 2.35. The summed E-state index contributed by atoms with van der Waals surface area (Å²) >= 11 is 0. The van der Waals surface area contributed by atoms with Crippen LogP contribution in [-0.4, -0.2) is 32.1 Å². The maximum Gasteiger partial charge on any atom is 0.306 e. The zero-order chi connectivity index (χ0) is 14.1. The van der Waals surface area contributed by atoms with Crippen molar-refractivity contribution in [2.45, 2.75) is 39.0 Å². The van der Waals surface area contributed by atoms with E-state index in [1.165, 1.54) is 0 Å². The maximum absolute atomic E-state index is 11.8. The number of carbonyl (C=O) groups is 2. The Balaban J connectivity index is 2.40. The number of hydrogen-bond donors (Lipinski definition) is 0. The fraction of sp³-hybridized carbons (Fsp3) is 0.733. The third kappa shape index (κ3) is 5.55. The van der Waals surface area contributed by atoms with Gasteiger partial charge in [0.1, 0.15) is 12.4 Å². The van der Waals surface area contributed by atoms with Gasteiger partial charge in [0.15, 0.2) is 0 Å². The Labute approximate surface area is 115 Å². The molecule has 4 heteroatoms. The molecular weight excluding hydrogens is 244 g/mol. The molecule has 1 aliphatic rings. The molecule has 0 heterocycles. The van der Waals surface area contributed by atoms with Gasteiger partial charge in [0.2, 0.25) is 0 Å². The number of esters is 1. The second-order valence-electron chi connectivity index (χ2n) is 4.90. The number of allylic oxidation sites excluding steroid dienone is 2. The fourth-order valence-electron chi connectivity index (χ4n) is 2.47. The molecule has 4 nitrogen and oxygen atoms in total. The fourth-order valence-corrected chi connectivity index (χ4v) is 2.47. The van der Waals surface area contributed by atoms with Crippen LogP contribution in [0.3, 0.4) is 0 Å². The number of hydrogen-bond acceptors (Lipinski definition) is 4. The van der Waals surface area contributed by atoms with Crippen LogP contribution in [0.4, 0.5) is 0 Å². The molecule has 0 aromatic heterocycles. The molecule has 0 radical (unpaired) electrons. The quantitative estimate of drug-likeness (QED) is 0.385. The van der Waals surface area contributed by atoms with E-state index in [1.54, 1.807) is 7.11 Å². The van der Waals surface area contributed by atoms with Gasteiger partial charge >= 0.3 is 5.97 Å². The molecule has 0 amide bonds. The number of methoxy groups -OCH3 is 1. The van der Waals surface area contributed by atoms with Crippen LogP contribution in [-0.2, 0) is 19.1 Å². The maximum atomic E-state index is 11.8. The van der Waals surface area contributed by atoms with Crippen LogP contribution in [0, 0.1) is 11.8 Å². The summed E-state index contributed by atoms with van der Waals surface area (Å²) in [6.07, 6.45) is 7.60. The number of ether oxygens (including phenoxy) is 2. The predicted octanol–water partition coefficient (Wildman–Crippen LogP) is 2.52. The van der Waals surface area contributed by atoms with Gasteiger partial charge in [0, 0.05) is 25.9 Å². The van der Waals surface area contributed by atoms with Crippen molar-refractivity contribution in [3.63, 3.8) is 0 Å². The molecule has 0 aliphatic heterocycles. The monoisotopic (exact) mass is 268 g/mol. The van der Waals surface area contributed by atoms with E-state index in [2.05, 4.69) is 19.1 Å². The summed E-state index contributed by atoms with van der Waals surface area (Å²) in [7, 11) is 1.57. The lowest BCUT2D eigenvalue weighted by Crippen LogP contribution is -2.19. The third-order valence-corrected chi connectivity index (χ3v) is 3.52.